The molecule has 0 spiro atoms. The van der Waals surface area contributed by atoms with Crippen molar-refractivity contribution in [2.24, 2.45) is 0 Å². The van der Waals surface area contributed by atoms with Gasteiger partial charge < -0.3 is 5.11 Å². The molecule has 0 aromatic heterocycles. The molecule has 0 bridgehead atoms. The van der Waals surface area contributed by atoms with Gasteiger partial charge in [0, 0.05) is 13.0 Å². The Balaban J connectivity index is 0.000000362. The van der Waals surface area contributed by atoms with Crippen molar-refractivity contribution in [3.63, 3.8) is 0 Å². The van der Waals surface area contributed by atoms with Gasteiger partial charge in [0.25, 0.3) is 10.1 Å². The van der Waals surface area contributed by atoms with Gasteiger partial charge in [-0.05, 0) is 31.9 Å². The van der Waals surface area contributed by atoms with Crippen LogP contribution in [0.25, 0.3) is 0 Å². The van der Waals surface area contributed by atoms with E-state index < -0.39 is 10.1 Å². The molecule has 2 N–H and O–H groups in total. The summed E-state index contributed by atoms with van der Waals surface area (Å²) in [6.07, 6.45) is 8.84. The van der Waals surface area contributed by atoms with Crippen LogP contribution in [0.4, 0.5) is 0 Å². The summed E-state index contributed by atoms with van der Waals surface area (Å²) in [4.78, 5) is -0.0666. The van der Waals surface area contributed by atoms with Gasteiger partial charge in [0.2, 0.25) is 0 Å². The summed E-state index contributed by atoms with van der Waals surface area (Å²) in [6, 6.07) is 5.99. The fraction of sp³-hybridized carbons (Fsp3) is 0.429. The fourth-order valence-electron chi connectivity index (χ4n) is 1.23. The highest BCUT2D eigenvalue weighted by atomic mass is 32.2. The van der Waals surface area contributed by atoms with E-state index in [2.05, 4.69) is 5.92 Å². The third-order valence-corrected chi connectivity index (χ3v) is 3.17. The van der Waals surface area contributed by atoms with Crippen LogP contribution in [0.2, 0.25) is 0 Å². The predicted molar refractivity (Wildman–Crippen MR) is 75.4 cm³/mol. The van der Waals surface area contributed by atoms with Crippen LogP contribution >= 0.6 is 0 Å². The van der Waals surface area contributed by atoms with Crippen molar-refractivity contribution in [3.8, 4) is 12.3 Å². The molecule has 0 unspecified atom stereocenters. The molecule has 106 valence electrons. The Morgan fingerprint density at radius 1 is 1.16 bits per heavy atom. The van der Waals surface area contributed by atoms with E-state index in [0.29, 0.717) is 6.61 Å². The first-order valence-electron chi connectivity index (χ1n) is 6.00. The molecule has 0 aliphatic heterocycles. The van der Waals surface area contributed by atoms with Crippen LogP contribution in [-0.4, -0.2) is 24.7 Å². The molecular weight excluding hydrogens is 264 g/mol. The summed E-state index contributed by atoms with van der Waals surface area (Å²) in [5.74, 6) is 2.54. The van der Waals surface area contributed by atoms with Crippen molar-refractivity contribution >= 4 is 10.1 Å². The Hall–Kier alpha value is -1.35. The van der Waals surface area contributed by atoms with Crippen molar-refractivity contribution < 1.29 is 18.1 Å². The van der Waals surface area contributed by atoms with E-state index in [1.54, 1.807) is 12.1 Å². The quantitative estimate of drug-likeness (QED) is 0.494. The molecule has 4 nitrogen and oxygen atoms in total. The van der Waals surface area contributed by atoms with Gasteiger partial charge in [0.1, 0.15) is 0 Å². The number of aryl methyl sites for hydroxylation is 1. The zero-order valence-electron chi connectivity index (χ0n) is 11.0. The summed E-state index contributed by atoms with van der Waals surface area (Å²) in [6.45, 7) is 2.14. The molecule has 0 aliphatic rings. The maximum absolute atomic E-state index is 10.5. The number of unbranched alkanes of at least 4 members (excludes halogenated alkanes) is 3. The lowest BCUT2D eigenvalue weighted by Crippen LogP contribution is -1.96. The molecule has 0 atom stereocenters. The number of hydrogen-bond donors (Lipinski definition) is 2. The van der Waals surface area contributed by atoms with Crippen LogP contribution in [0.3, 0.4) is 0 Å². The van der Waals surface area contributed by atoms with Gasteiger partial charge in [-0.15, -0.1) is 12.3 Å². The highest BCUT2D eigenvalue weighted by molar-refractivity contribution is 7.85. The first kappa shape index (κ1) is 17.6. The normalized spacial score (nSPS) is 10.2. The van der Waals surface area contributed by atoms with Crippen LogP contribution in [0.1, 0.15) is 31.2 Å². The zero-order chi connectivity index (χ0) is 14.7. The van der Waals surface area contributed by atoms with Crippen molar-refractivity contribution in [1.82, 2.24) is 0 Å². The van der Waals surface area contributed by atoms with Crippen LogP contribution in [-0.2, 0) is 10.1 Å². The monoisotopic (exact) mass is 284 g/mol. The average molecular weight is 284 g/mol. The highest BCUT2D eigenvalue weighted by Crippen LogP contribution is 2.08. The SMILES string of the molecule is C#CCCCCCO.Cc1ccc(S(=O)(=O)O)cc1. The molecule has 19 heavy (non-hydrogen) atoms. The third-order valence-electron chi connectivity index (χ3n) is 2.30. The number of aliphatic hydroxyl groups excluding tert-OH is 1. The molecule has 1 aromatic carbocycles. The Labute approximate surface area is 115 Å². The number of rotatable bonds is 5. The molecule has 0 heterocycles. The maximum Gasteiger partial charge on any atom is 0.294 e. The van der Waals surface area contributed by atoms with Gasteiger partial charge in [0.05, 0.1) is 4.90 Å². The van der Waals surface area contributed by atoms with Crippen molar-refractivity contribution in [3.05, 3.63) is 29.8 Å². The average Bonchev–Trinajstić information content (AvgIpc) is 2.35. The Kier molecular flexibility index (Phi) is 8.88. The standard InChI is InChI=1S/C7H8O3S.C7H12O/c1-6-2-4-7(5-3-6)11(8,9)10;1-2-3-4-5-6-7-8/h2-5H,1H3,(H,8,9,10);1,8H,3-7H2. The Bertz CT molecular complexity index is 483. The summed E-state index contributed by atoms with van der Waals surface area (Å²) in [5, 5.41) is 8.31. The van der Waals surface area contributed by atoms with Crippen molar-refractivity contribution in [2.75, 3.05) is 6.61 Å². The smallest absolute Gasteiger partial charge is 0.294 e. The molecular formula is C14H20O4S. The van der Waals surface area contributed by atoms with E-state index in [1.165, 1.54) is 12.1 Å². The molecule has 0 saturated carbocycles. The number of aliphatic hydroxyl groups is 1. The highest BCUT2D eigenvalue weighted by Gasteiger charge is 2.06. The van der Waals surface area contributed by atoms with Gasteiger partial charge in [-0.2, -0.15) is 8.42 Å². The van der Waals surface area contributed by atoms with Crippen LogP contribution in [0.5, 0.6) is 0 Å². The van der Waals surface area contributed by atoms with Gasteiger partial charge in [-0.3, -0.25) is 4.55 Å². The fourth-order valence-corrected chi connectivity index (χ4v) is 1.71. The molecule has 5 heteroatoms. The van der Waals surface area contributed by atoms with Crippen molar-refractivity contribution in [2.45, 2.75) is 37.5 Å². The summed E-state index contributed by atoms with van der Waals surface area (Å²) >= 11 is 0. The summed E-state index contributed by atoms with van der Waals surface area (Å²) < 4.78 is 29.6. The minimum Gasteiger partial charge on any atom is -0.396 e. The number of hydrogen-bond acceptors (Lipinski definition) is 3. The second kappa shape index (κ2) is 9.56. The lowest BCUT2D eigenvalue weighted by molar-refractivity contribution is 0.283. The molecule has 0 fully saturated rings. The van der Waals surface area contributed by atoms with Crippen molar-refractivity contribution in [1.29, 1.82) is 0 Å². The van der Waals surface area contributed by atoms with Crippen LogP contribution in [0.15, 0.2) is 29.2 Å². The lowest BCUT2D eigenvalue weighted by Gasteiger charge is -1.95. The van der Waals surface area contributed by atoms with E-state index in [9.17, 15) is 8.42 Å². The predicted octanol–water partition coefficient (Wildman–Crippen LogP) is 2.41. The van der Waals surface area contributed by atoms with Gasteiger partial charge in [-0.25, -0.2) is 0 Å². The maximum atomic E-state index is 10.5. The van der Waals surface area contributed by atoms with E-state index in [1.807, 2.05) is 6.92 Å². The minimum absolute atomic E-state index is 0.0666. The van der Waals surface area contributed by atoms with E-state index >= 15 is 0 Å². The first-order valence-corrected chi connectivity index (χ1v) is 7.44. The molecule has 0 radical (unpaired) electrons. The summed E-state index contributed by atoms with van der Waals surface area (Å²) in [7, 11) is -4.02. The zero-order valence-corrected chi connectivity index (χ0v) is 11.9. The minimum atomic E-state index is -4.02. The molecule has 0 aliphatic carbocycles. The second-order valence-corrected chi connectivity index (χ2v) is 5.45. The van der Waals surface area contributed by atoms with Gasteiger partial charge in [0.15, 0.2) is 0 Å². The molecule has 1 aromatic rings. The van der Waals surface area contributed by atoms with Gasteiger partial charge >= 0.3 is 0 Å². The molecule has 0 amide bonds. The Morgan fingerprint density at radius 2 is 1.74 bits per heavy atom. The van der Waals surface area contributed by atoms with Crippen LogP contribution in [0, 0.1) is 19.3 Å². The number of benzene rings is 1. The Morgan fingerprint density at radius 3 is 2.16 bits per heavy atom. The lowest BCUT2D eigenvalue weighted by atomic mass is 10.2. The van der Waals surface area contributed by atoms with E-state index in [-0.39, 0.29) is 4.90 Å². The van der Waals surface area contributed by atoms with Crippen LogP contribution < -0.4 is 0 Å². The van der Waals surface area contributed by atoms with E-state index in [0.717, 1.165) is 31.2 Å². The van der Waals surface area contributed by atoms with Gasteiger partial charge in [-0.1, -0.05) is 24.1 Å². The topological polar surface area (TPSA) is 74.6 Å². The first-order chi connectivity index (χ1) is 8.91. The largest absolute Gasteiger partial charge is 0.396 e. The second-order valence-electron chi connectivity index (χ2n) is 4.03. The third kappa shape index (κ3) is 9.25. The number of terminal acetylenes is 1. The molecule has 0 saturated heterocycles. The van der Waals surface area contributed by atoms with E-state index in [4.69, 9.17) is 16.1 Å². The molecule has 1 rings (SSSR count). The summed E-state index contributed by atoms with van der Waals surface area (Å²) in [5.41, 5.74) is 0.956.